The first kappa shape index (κ1) is 14.5. The van der Waals surface area contributed by atoms with Crippen molar-refractivity contribution >= 4 is 17.3 Å². The lowest BCUT2D eigenvalue weighted by Gasteiger charge is -2.19. The van der Waals surface area contributed by atoms with Crippen molar-refractivity contribution in [3.05, 3.63) is 69.8 Å². The van der Waals surface area contributed by atoms with Crippen molar-refractivity contribution in [2.75, 3.05) is 11.9 Å². The molecule has 1 N–H and O–H groups in total. The number of rotatable bonds is 5. The Bertz CT molecular complexity index is 668. The Kier molecular flexibility index (Phi) is 4.18. The van der Waals surface area contributed by atoms with Crippen LogP contribution in [0.5, 0.6) is 0 Å². The maximum atomic E-state index is 11.0. The lowest BCUT2D eigenvalue weighted by molar-refractivity contribution is -0.384. The number of benzene rings is 2. The van der Waals surface area contributed by atoms with Crippen LogP contribution in [0.2, 0.25) is 0 Å². The molecule has 0 spiro atoms. The van der Waals surface area contributed by atoms with E-state index in [0.717, 1.165) is 5.56 Å². The minimum atomic E-state index is -0.978. The molecule has 0 heterocycles. The molecule has 0 aliphatic carbocycles. The molecule has 0 aromatic heterocycles. The molecule has 2 aromatic carbocycles. The first-order valence-electron chi connectivity index (χ1n) is 6.26. The maximum absolute atomic E-state index is 11.0. The summed E-state index contributed by atoms with van der Waals surface area (Å²) in [7, 11) is 1.76. The van der Waals surface area contributed by atoms with Gasteiger partial charge >= 0.3 is 5.97 Å². The fraction of sp³-hybridized carbons (Fsp3) is 0.133. The zero-order valence-electron chi connectivity index (χ0n) is 11.4. The molecular formula is C15H14N2O4. The molecule has 0 unspecified atom stereocenters. The van der Waals surface area contributed by atoms with Gasteiger partial charge in [0.15, 0.2) is 0 Å². The topological polar surface area (TPSA) is 83.7 Å². The van der Waals surface area contributed by atoms with Gasteiger partial charge in [0, 0.05) is 19.7 Å². The minimum Gasteiger partial charge on any atom is -0.478 e. The van der Waals surface area contributed by atoms with Crippen LogP contribution in [0.25, 0.3) is 0 Å². The van der Waals surface area contributed by atoms with E-state index in [4.69, 9.17) is 5.11 Å². The summed E-state index contributed by atoms with van der Waals surface area (Å²) in [5.74, 6) is -0.978. The van der Waals surface area contributed by atoms with E-state index in [1.165, 1.54) is 18.2 Å². The van der Waals surface area contributed by atoms with Gasteiger partial charge in [0.25, 0.3) is 5.69 Å². The van der Waals surface area contributed by atoms with Gasteiger partial charge in [-0.25, -0.2) is 4.79 Å². The van der Waals surface area contributed by atoms with E-state index in [9.17, 15) is 14.9 Å². The second-order valence-corrected chi connectivity index (χ2v) is 4.60. The maximum Gasteiger partial charge on any atom is 0.335 e. The Hall–Kier alpha value is -2.89. The molecule has 108 valence electrons. The van der Waals surface area contributed by atoms with E-state index < -0.39 is 10.9 Å². The molecule has 0 fully saturated rings. The molecule has 21 heavy (non-hydrogen) atoms. The molecule has 0 aliphatic rings. The third-order valence-electron chi connectivity index (χ3n) is 3.11. The number of carboxylic acids is 1. The number of nitrogens with zero attached hydrogens (tertiary/aromatic N) is 2. The van der Waals surface area contributed by atoms with Crippen LogP contribution in [0.1, 0.15) is 15.9 Å². The molecule has 0 bridgehead atoms. The molecule has 0 aliphatic heterocycles. The summed E-state index contributed by atoms with van der Waals surface area (Å²) in [5, 5.41) is 19.9. The standard InChI is InChI=1S/C15H14N2O4/c1-16(13-4-2-3-5-14(13)17(20)21)10-11-6-8-12(9-7-11)15(18)19/h2-9H,10H2,1H3,(H,18,19). The summed E-state index contributed by atoms with van der Waals surface area (Å²) in [5.41, 5.74) is 1.65. The van der Waals surface area contributed by atoms with Gasteiger partial charge in [-0.1, -0.05) is 24.3 Å². The molecule has 6 nitrogen and oxygen atoms in total. The summed E-state index contributed by atoms with van der Waals surface area (Å²) in [4.78, 5) is 23.1. The summed E-state index contributed by atoms with van der Waals surface area (Å²) in [6, 6.07) is 13.0. The number of carbonyl (C=O) groups is 1. The van der Waals surface area contributed by atoms with Gasteiger partial charge in [-0.15, -0.1) is 0 Å². The van der Waals surface area contributed by atoms with Crippen molar-refractivity contribution in [1.29, 1.82) is 0 Å². The van der Waals surface area contributed by atoms with Crippen molar-refractivity contribution in [3.63, 3.8) is 0 Å². The van der Waals surface area contributed by atoms with Crippen LogP contribution in [-0.4, -0.2) is 23.0 Å². The number of para-hydroxylation sites is 2. The number of nitro benzene ring substituents is 1. The van der Waals surface area contributed by atoms with Gasteiger partial charge < -0.3 is 10.0 Å². The first-order chi connectivity index (χ1) is 9.99. The molecule has 0 atom stereocenters. The minimum absolute atomic E-state index is 0.0437. The third-order valence-corrected chi connectivity index (χ3v) is 3.11. The van der Waals surface area contributed by atoms with Gasteiger partial charge in [-0.05, 0) is 23.8 Å². The number of hydrogen-bond acceptors (Lipinski definition) is 4. The van der Waals surface area contributed by atoms with E-state index in [-0.39, 0.29) is 11.3 Å². The Balaban J connectivity index is 2.20. The molecule has 0 amide bonds. The largest absolute Gasteiger partial charge is 0.478 e. The lowest BCUT2D eigenvalue weighted by Crippen LogP contribution is -2.17. The molecule has 2 aromatic rings. The van der Waals surface area contributed by atoms with E-state index in [0.29, 0.717) is 12.2 Å². The number of carboxylic acid groups (broad SMARTS) is 1. The highest BCUT2D eigenvalue weighted by Crippen LogP contribution is 2.27. The van der Waals surface area contributed by atoms with Crippen LogP contribution in [-0.2, 0) is 6.54 Å². The van der Waals surface area contributed by atoms with Crippen molar-refractivity contribution in [2.45, 2.75) is 6.54 Å². The van der Waals surface area contributed by atoms with Crippen LogP contribution in [0.3, 0.4) is 0 Å². The Morgan fingerprint density at radius 3 is 2.38 bits per heavy atom. The number of aromatic carboxylic acids is 1. The predicted octanol–water partition coefficient (Wildman–Crippen LogP) is 2.93. The van der Waals surface area contributed by atoms with Crippen molar-refractivity contribution in [3.8, 4) is 0 Å². The van der Waals surface area contributed by atoms with Crippen molar-refractivity contribution in [1.82, 2.24) is 0 Å². The van der Waals surface area contributed by atoms with Gasteiger partial charge in [0.2, 0.25) is 0 Å². The fourth-order valence-corrected chi connectivity index (χ4v) is 2.05. The Morgan fingerprint density at radius 1 is 1.19 bits per heavy atom. The molecule has 0 saturated carbocycles. The van der Waals surface area contributed by atoms with E-state index in [1.54, 1.807) is 42.3 Å². The summed E-state index contributed by atoms with van der Waals surface area (Å²) in [6.45, 7) is 0.449. The first-order valence-corrected chi connectivity index (χ1v) is 6.26. The second-order valence-electron chi connectivity index (χ2n) is 4.60. The third kappa shape index (κ3) is 3.36. The van der Waals surface area contributed by atoms with Gasteiger partial charge in [-0.2, -0.15) is 0 Å². The monoisotopic (exact) mass is 286 g/mol. The normalized spacial score (nSPS) is 10.1. The van der Waals surface area contributed by atoms with Crippen molar-refractivity contribution in [2.24, 2.45) is 0 Å². The Labute approximate surface area is 121 Å². The second kappa shape index (κ2) is 6.04. The zero-order chi connectivity index (χ0) is 15.4. The number of hydrogen-bond donors (Lipinski definition) is 1. The van der Waals surface area contributed by atoms with E-state index >= 15 is 0 Å². The van der Waals surface area contributed by atoms with Crippen molar-refractivity contribution < 1.29 is 14.8 Å². The van der Waals surface area contributed by atoms with Gasteiger partial charge in [-0.3, -0.25) is 10.1 Å². The van der Waals surface area contributed by atoms with Gasteiger partial charge in [0.05, 0.1) is 10.5 Å². The quantitative estimate of drug-likeness (QED) is 0.675. The average molecular weight is 286 g/mol. The zero-order valence-corrected chi connectivity index (χ0v) is 11.4. The smallest absolute Gasteiger partial charge is 0.335 e. The lowest BCUT2D eigenvalue weighted by atomic mass is 10.1. The molecular weight excluding hydrogens is 272 g/mol. The summed E-state index contributed by atoms with van der Waals surface area (Å²) < 4.78 is 0. The van der Waals surface area contributed by atoms with E-state index in [1.807, 2.05) is 0 Å². The van der Waals surface area contributed by atoms with Crippen LogP contribution in [0.15, 0.2) is 48.5 Å². The highest BCUT2D eigenvalue weighted by atomic mass is 16.6. The molecule has 6 heteroatoms. The predicted molar refractivity (Wildman–Crippen MR) is 78.6 cm³/mol. The average Bonchev–Trinajstić information content (AvgIpc) is 2.47. The fourth-order valence-electron chi connectivity index (χ4n) is 2.05. The SMILES string of the molecule is CN(Cc1ccc(C(=O)O)cc1)c1ccccc1[N+](=O)[O-]. The van der Waals surface area contributed by atoms with Crippen LogP contribution < -0.4 is 4.90 Å². The van der Waals surface area contributed by atoms with Crippen LogP contribution in [0, 0.1) is 10.1 Å². The van der Waals surface area contributed by atoms with Crippen LogP contribution >= 0.6 is 0 Å². The van der Waals surface area contributed by atoms with Gasteiger partial charge in [0.1, 0.15) is 5.69 Å². The Morgan fingerprint density at radius 2 is 1.81 bits per heavy atom. The highest BCUT2D eigenvalue weighted by Gasteiger charge is 2.16. The molecule has 2 rings (SSSR count). The number of nitro groups is 1. The highest BCUT2D eigenvalue weighted by molar-refractivity contribution is 5.87. The number of anilines is 1. The van der Waals surface area contributed by atoms with Crippen LogP contribution in [0.4, 0.5) is 11.4 Å². The summed E-state index contributed by atoms with van der Waals surface area (Å²) >= 11 is 0. The van der Waals surface area contributed by atoms with E-state index in [2.05, 4.69) is 0 Å². The molecule has 0 saturated heterocycles. The summed E-state index contributed by atoms with van der Waals surface area (Å²) in [6.07, 6.45) is 0. The molecule has 0 radical (unpaired) electrons.